The van der Waals surface area contributed by atoms with Crippen molar-refractivity contribution >= 4 is 40.8 Å². The van der Waals surface area contributed by atoms with E-state index in [-0.39, 0.29) is 61.3 Å². The number of amides is 4. The maximum Gasteiger partial charge on any atom is 0.331 e. The molecular formula is C40H42N10O4. The topological polar surface area (TPSA) is 160 Å². The van der Waals surface area contributed by atoms with Crippen LogP contribution in [0.15, 0.2) is 67.1 Å². The zero-order valence-electron chi connectivity index (χ0n) is 30.3. The van der Waals surface area contributed by atoms with E-state index in [1.54, 1.807) is 12.3 Å². The van der Waals surface area contributed by atoms with Crippen molar-refractivity contribution < 1.29 is 19.1 Å². The molecule has 14 nitrogen and oxygen atoms in total. The van der Waals surface area contributed by atoms with Crippen molar-refractivity contribution in [3.8, 4) is 0 Å². The van der Waals surface area contributed by atoms with Crippen molar-refractivity contribution in [1.29, 1.82) is 0 Å². The fraction of sp³-hybridized carbons (Fsp3) is 0.400. The number of anilines is 3. The molecule has 4 aromatic heterocycles. The van der Waals surface area contributed by atoms with E-state index < -0.39 is 0 Å². The van der Waals surface area contributed by atoms with Crippen LogP contribution in [0.2, 0.25) is 0 Å². The van der Waals surface area contributed by atoms with Crippen LogP contribution in [-0.4, -0.2) is 71.8 Å². The molecule has 4 amide bonds. The molecule has 2 N–H and O–H groups in total. The highest BCUT2D eigenvalue weighted by atomic mass is 16.5. The minimum atomic E-state index is -0.374. The van der Waals surface area contributed by atoms with Crippen LogP contribution in [-0.2, 0) is 20.9 Å². The molecule has 5 heterocycles. The van der Waals surface area contributed by atoms with Crippen LogP contribution in [0.4, 0.5) is 22.1 Å². The number of pyridine rings is 1. The summed E-state index contributed by atoms with van der Waals surface area (Å²) in [7, 11) is 0. The quantitative estimate of drug-likeness (QED) is 0.105. The number of hydrogen-bond acceptors (Lipinski definition) is 10. The number of hydrogen-bond donors (Lipinski definition) is 2. The molecular weight excluding hydrogens is 685 g/mol. The van der Waals surface area contributed by atoms with Crippen molar-refractivity contribution in [2.45, 2.75) is 76.4 Å². The molecule has 0 radical (unpaired) electrons. The van der Waals surface area contributed by atoms with Crippen molar-refractivity contribution in [2.24, 2.45) is 5.92 Å². The summed E-state index contributed by atoms with van der Waals surface area (Å²) in [6, 6.07) is 14.8. The van der Waals surface area contributed by atoms with Crippen LogP contribution >= 0.6 is 0 Å². The van der Waals surface area contributed by atoms with Crippen LogP contribution in [0.5, 0.6) is 0 Å². The number of imidazole rings is 1. The average molecular weight is 727 g/mol. The number of nitrogens with one attached hydrogen (secondary N) is 2. The van der Waals surface area contributed by atoms with E-state index in [0.717, 1.165) is 48.2 Å². The molecule has 3 atom stereocenters. The molecule has 0 bridgehead atoms. The van der Waals surface area contributed by atoms with Gasteiger partial charge in [0.25, 0.3) is 5.91 Å². The highest BCUT2D eigenvalue weighted by Gasteiger charge is 2.46. The van der Waals surface area contributed by atoms with Crippen LogP contribution in [0.25, 0.3) is 5.65 Å². The lowest BCUT2D eigenvalue weighted by Gasteiger charge is -2.19. The Kier molecular flexibility index (Phi) is 8.76. The maximum atomic E-state index is 13.7. The Labute approximate surface area is 312 Å². The van der Waals surface area contributed by atoms with Gasteiger partial charge in [0.1, 0.15) is 29.8 Å². The second-order valence-electron chi connectivity index (χ2n) is 14.9. The van der Waals surface area contributed by atoms with E-state index in [2.05, 4.69) is 26.8 Å². The number of urea groups is 1. The van der Waals surface area contributed by atoms with E-state index in [0.29, 0.717) is 53.6 Å². The van der Waals surface area contributed by atoms with Gasteiger partial charge < -0.3 is 19.8 Å². The summed E-state index contributed by atoms with van der Waals surface area (Å²) < 4.78 is 7.76. The van der Waals surface area contributed by atoms with Gasteiger partial charge in [-0.2, -0.15) is 0 Å². The Morgan fingerprint density at radius 3 is 2.52 bits per heavy atom. The first-order valence-electron chi connectivity index (χ1n) is 18.8. The zero-order chi connectivity index (χ0) is 36.9. The first-order valence-corrected chi connectivity index (χ1v) is 18.8. The van der Waals surface area contributed by atoms with Gasteiger partial charge in [-0.25, -0.2) is 29.7 Å². The molecule has 9 rings (SSSR count). The van der Waals surface area contributed by atoms with E-state index in [1.807, 2.05) is 66.9 Å². The molecule has 0 spiro atoms. The third-order valence-electron chi connectivity index (χ3n) is 10.6. The lowest BCUT2D eigenvalue weighted by molar-refractivity contribution is -0.125. The minimum absolute atomic E-state index is 0.00335. The predicted octanol–water partition coefficient (Wildman–Crippen LogP) is 5.88. The summed E-state index contributed by atoms with van der Waals surface area (Å²) in [5.41, 5.74) is 4.98. The van der Waals surface area contributed by atoms with Crippen LogP contribution in [0, 0.1) is 12.8 Å². The number of imide groups is 1. The zero-order valence-corrected chi connectivity index (χ0v) is 30.3. The molecule has 54 heavy (non-hydrogen) atoms. The lowest BCUT2D eigenvalue weighted by atomic mass is 10.1. The number of benzene rings is 1. The summed E-state index contributed by atoms with van der Waals surface area (Å²) in [5.74, 6) is 2.57. The summed E-state index contributed by atoms with van der Waals surface area (Å²) in [5, 5.41) is 6.52. The highest BCUT2D eigenvalue weighted by molar-refractivity contribution is 6.13. The number of carbonyl (C=O) groups excluding carboxylic acids is 3. The third-order valence-corrected chi connectivity index (χ3v) is 10.6. The number of ether oxygens (including phenoxy) is 1. The molecule has 4 fully saturated rings. The molecule has 3 saturated carbocycles. The largest absolute Gasteiger partial charge is 0.375 e. The molecule has 3 unspecified atom stereocenters. The van der Waals surface area contributed by atoms with E-state index in [9.17, 15) is 14.4 Å². The Hall–Kier alpha value is -5.76. The van der Waals surface area contributed by atoms with Gasteiger partial charge in [-0.05, 0) is 75.1 Å². The monoisotopic (exact) mass is 726 g/mol. The number of carbonyl (C=O) groups is 3. The van der Waals surface area contributed by atoms with Gasteiger partial charge in [0.15, 0.2) is 5.65 Å². The van der Waals surface area contributed by atoms with Gasteiger partial charge in [0.05, 0.1) is 37.2 Å². The van der Waals surface area contributed by atoms with E-state index in [4.69, 9.17) is 19.7 Å². The van der Waals surface area contributed by atoms with E-state index >= 15 is 0 Å². The maximum absolute atomic E-state index is 13.7. The number of rotatable bonds is 14. The molecule has 1 aromatic carbocycles. The van der Waals surface area contributed by atoms with Crippen LogP contribution in [0.1, 0.15) is 97.0 Å². The summed E-state index contributed by atoms with van der Waals surface area (Å²) in [4.78, 5) is 66.4. The van der Waals surface area contributed by atoms with Gasteiger partial charge in [0.2, 0.25) is 5.91 Å². The molecule has 1 aliphatic heterocycles. The number of aryl methyl sites for hydroxylation is 1. The number of aromatic nitrogens is 6. The summed E-state index contributed by atoms with van der Waals surface area (Å²) in [6.07, 6.45) is 10.7. The first kappa shape index (κ1) is 34.0. The molecule has 5 aromatic rings. The summed E-state index contributed by atoms with van der Waals surface area (Å²) >= 11 is 0. The van der Waals surface area contributed by atoms with Gasteiger partial charge >= 0.3 is 6.03 Å². The molecule has 3 aliphatic carbocycles. The Morgan fingerprint density at radius 1 is 0.944 bits per heavy atom. The van der Waals surface area contributed by atoms with E-state index in [1.165, 1.54) is 9.80 Å². The van der Waals surface area contributed by atoms with Gasteiger partial charge in [-0.3, -0.25) is 19.4 Å². The van der Waals surface area contributed by atoms with Crippen molar-refractivity contribution in [3.63, 3.8) is 0 Å². The molecule has 4 aliphatic rings. The Morgan fingerprint density at radius 2 is 1.74 bits per heavy atom. The highest BCUT2D eigenvalue weighted by Crippen LogP contribution is 2.47. The van der Waals surface area contributed by atoms with Crippen molar-refractivity contribution in [1.82, 2.24) is 34.2 Å². The normalized spacial score (nSPS) is 20.1. The second kappa shape index (κ2) is 13.9. The van der Waals surface area contributed by atoms with Crippen LogP contribution < -0.4 is 15.5 Å². The lowest BCUT2D eigenvalue weighted by Crippen LogP contribution is -2.35. The number of fused-ring (bicyclic) bond motifs is 1. The second-order valence-corrected chi connectivity index (χ2v) is 14.9. The smallest absolute Gasteiger partial charge is 0.331 e. The average Bonchev–Trinajstić information content (AvgIpc) is 4.05. The van der Waals surface area contributed by atoms with Crippen LogP contribution in [0.3, 0.4) is 0 Å². The fourth-order valence-corrected chi connectivity index (χ4v) is 7.10. The molecule has 14 heteroatoms. The Bertz CT molecular complexity index is 2250. The molecule has 1 saturated heterocycles. The third kappa shape index (κ3) is 7.13. The van der Waals surface area contributed by atoms with Crippen molar-refractivity contribution in [3.05, 3.63) is 101 Å². The van der Waals surface area contributed by atoms with Crippen molar-refractivity contribution in [2.75, 3.05) is 35.2 Å². The summed E-state index contributed by atoms with van der Waals surface area (Å²) in [6.45, 7) is 4.69. The first-order chi connectivity index (χ1) is 26.3. The molecule has 276 valence electrons. The Balaban J connectivity index is 0.915. The minimum Gasteiger partial charge on any atom is -0.375 e. The SMILES string of the molecule is Cc1ccnc(C2CC2C(=O)Nc2cc(NC(C)c3cn4cc(C5CC5)cc(N5CC(=O)N(CCOCc6ccccc6)C5=O)c4n3)nc(C3CC3)n2)n1. The predicted molar refractivity (Wildman–Crippen MR) is 200 cm³/mol. The fourth-order valence-electron chi connectivity index (χ4n) is 7.10. The number of nitrogens with zero attached hydrogens (tertiary/aromatic N) is 8. The van der Waals surface area contributed by atoms with Gasteiger partial charge in [0, 0.05) is 48.1 Å². The standard InChI is InChI=1S/C40H42N10O4/c1-23-12-13-41-37(42-23)29-17-30(29)39(52)47-34-18-33(45-36(46-34)27-10-11-27)43-24(2)31-20-48-19-28(26-8-9-26)16-32(38(48)44-31)50-21-35(51)49(40(50)53)14-15-54-22-25-6-4-3-5-7-25/h3-7,12-13,16,18-20,24,26-27,29-30H,8-11,14-15,17,21-22H2,1-2H3,(H2,43,45,46,47,52). The van der Waals surface area contributed by atoms with Gasteiger partial charge in [-0.1, -0.05) is 30.3 Å². The van der Waals surface area contributed by atoms with Gasteiger partial charge in [-0.15, -0.1) is 0 Å².